The van der Waals surface area contributed by atoms with Gasteiger partial charge in [0, 0.05) is 12.6 Å². The van der Waals surface area contributed by atoms with Gasteiger partial charge in [0.25, 0.3) is 10.0 Å². The van der Waals surface area contributed by atoms with Crippen molar-refractivity contribution in [1.29, 1.82) is 0 Å². The average molecular weight is 537 g/mol. The van der Waals surface area contributed by atoms with Gasteiger partial charge in [-0.05, 0) is 60.4 Å². The second-order valence-corrected chi connectivity index (χ2v) is 11.7. The standard InChI is InChI=1S/C24H22F2N2O6S2/c1-34-24(29)18-6-4-16(5-7-18)15-35(30,31)28-12-2-3-17-8-10-20(14-22(17)28)27-36(32,33)23-11-9-19(25)13-21(23)26/h4-11,13-14,27H,2-3,12,15H2,1H3. The Morgan fingerprint density at radius 1 is 1.00 bits per heavy atom. The Labute approximate surface area is 207 Å². The first kappa shape index (κ1) is 25.6. The molecule has 0 radical (unpaired) electrons. The van der Waals surface area contributed by atoms with Crippen LogP contribution in [0.2, 0.25) is 0 Å². The molecule has 0 amide bonds. The molecule has 36 heavy (non-hydrogen) atoms. The lowest BCUT2D eigenvalue weighted by Crippen LogP contribution is -2.36. The number of carbonyl (C=O) groups is 1. The number of aryl methyl sites for hydroxylation is 1. The average Bonchev–Trinajstić information content (AvgIpc) is 2.82. The monoisotopic (exact) mass is 536 g/mol. The van der Waals surface area contributed by atoms with Crippen molar-refractivity contribution in [3.63, 3.8) is 0 Å². The molecule has 190 valence electrons. The molecule has 3 aromatic carbocycles. The maximum Gasteiger partial charge on any atom is 0.337 e. The van der Waals surface area contributed by atoms with Crippen LogP contribution in [0.4, 0.5) is 20.2 Å². The number of anilines is 2. The van der Waals surface area contributed by atoms with Crippen LogP contribution in [0.25, 0.3) is 0 Å². The lowest BCUT2D eigenvalue weighted by atomic mass is 10.0. The van der Waals surface area contributed by atoms with Crippen molar-refractivity contribution in [2.75, 3.05) is 22.7 Å². The van der Waals surface area contributed by atoms with Gasteiger partial charge < -0.3 is 4.74 Å². The van der Waals surface area contributed by atoms with Gasteiger partial charge in [0.2, 0.25) is 10.0 Å². The fourth-order valence-electron chi connectivity index (χ4n) is 3.94. The van der Waals surface area contributed by atoms with Gasteiger partial charge in [0.15, 0.2) is 0 Å². The number of ether oxygens (including phenoxy) is 1. The van der Waals surface area contributed by atoms with E-state index in [1.807, 2.05) is 0 Å². The third kappa shape index (κ3) is 5.34. The Balaban J connectivity index is 1.61. The van der Waals surface area contributed by atoms with E-state index in [9.17, 15) is 30.4 Å². The molecule has 1 aliphatic heterocycles. The van der Waals surface area contributed by atoms with Crippen LogP contribution in [-0.4, -0.2) is 36.5 Å². The van der Waals surface area contributed by atoms with E-state index in [1.165, 1.54) is 47.8 Å². The summed E-state index contributed by atoms with van der Waals surface area (Å²) in [6.45, 7) is 0.193. The largest absolute Gasteiger partial charge is 0.465 e. The number of nitrogens with one attached hydrogen (secondary N) is 1. The van der Waals surface area contributed by atoms with Gasteiger partial charge >= 0.3 is 5.97 Å². The molecular formula is C24H22F2N2O6S2. The molecule has 8 nitrogen and oxygen atoms in total. The first-order valence-corrected chi connectivity index (χ1v) is 13.9. The lowest BCUT2D eigenvalue weighted by Gasteiger charge is -2.31. The first-order chi connectivity index (χ1) is 17.0. The van der Waals surface area contributed by atoms with Gasteiger partial charge in [-0.15, -0.1) is 0 Å². The molecule has 0 saturated carbocycles. The topological polar surface area (TPSA) is 110 Å². The molecule has 1 heterocycles. The van der Waals surface area contributed by atoms with Crippen LogP contribution in [0.3, 0.4) is 0 Å². The maximum absolute atomic E-state index is 14.1. The smallest absolute Gasteiger partial charge is 0.337 e. The molecule has 0 aromatic heterocycles. The Bertz CT molecular complexity index is 1520. The van der Waals surface area contributed by atoms with E-state index in [-0.39, 0.29) is 23.5 Å². The summed E-state index contributed by atoms with van der Waals surface area (Å²) < 4.78 is 87.3. The van der Waals surface area contributed by atoms with E-state index in [4.69, 9.17) is 0 Å². The summed E-state index contributed by atoms with van der Waals surface area (Å²) in [5.74, 6) is -3.04. The zero-order chi connectivity index (χ0) is 26.1. The van der Waals surface area contributed by atoms with Crippen LogP contribution in [0.1, 0.15) is 27.9 Å². The Kier molecular flexibility index (Phi) is 7.01. The molecule has 3 aromatic rings. The van der Waals surface area contributed by atoms with Crippen molar-refractivity contribution in [2.24, 2.45) is 0 Å². The highest BCUT2D eigenvalue weighted by Crippen LogP contribution is 2.34. The van der Waals surface area contributed by atoms with Crippen LogP contribution in [0, 0.1) is 11.6 Å². The molecule has 0 atom stereocenters. The summed E-state index contributed by atoms with van der Waals surface area (Å²) in [5, 5.41) is 0. The van der Waals surface area contributed by atoms with Crippen LogP contribution in [0.5, 0.6) is 0 Å². The summed E-state index contributed by atoms with van der Waals surface area (Å²) >= 11 is 0. The van der Waals surface area contributed by atoms with E-state index in [0.29, 0.717) is 35.7 Å². The maximum atomic E-state index is 14.1. The number of carbonyl (C=O) groups excluding carboxylic acids is 1. The van der Waals surface area contributed by atoms with Crippen molar-refractivity contribution in [1.82, 2.24) is 0 Å². The van der Waals surface area contributed by atoms with Crippen molar-refractivity contribution in [3.05, 3.63) is 89.0 Å². The lowest BCUT2D eigenvalue weighted by molar-refractivity contribution is 0.0600. The Hall–Kier alpha value is -3.51. The fourth-order valence-corrected chi connectivity index (χ4v) is 6.70. The molecular weight excluding hydrogens is 514 g/mol. The second-order valence-electron chi connectivity index (χ2n) is 8.14. The van der Waals surface area contributed by atoms with Crippen LogP contribution >= 0.6 is 0 Å². The van der Waals surface area contributed by atoms with Gasteiger partial charge in [0.05, 0.1) is 29.8 Å². The number of sulfonamides is 2. The number of halogens is 2. The van der Waals surface area contributed by atoms with E-state index >= 15 is 0 Å². The minimum atomic E-state index is -4.40. The molecule has 0 unspecified atom stereocenters. The first-order valence-electron chi connectivity index (χ1n) is 10.8. The van der Waals surface area contributed by atoms with Crippen molar-refractivity contribution >= 4 is 37.4 Å². The molecule has 0 saturated heterocycles. The fraction of sp³-hybridized carbons (Fsp3) is 0.208. The van der Waals surface area contributed by atoms with Crippen molar-refractivity contribution in [3.8, 4) is 0 Å². The van der Waals surface area contributed by atoms with Crippen LogP contribution in [-0.2, 0) is 37.0 Å². The number of benzene rings is 3. The summed E-state index contributed by atoms with van der Waals surface area (Å²) in [7, 11) is -7.02. The Morgan fingerprint density at radius 2 is 1.72 bits per heavy atom. The number of hydrogen-bond donors (Lipinski definition) is 1. The summed E-state index contributed by atoms with van der Waals surface area (Å²) in [5.41, 5.74) is 1.80. The number of nitrogens with zero attached hydrogens (tertiary/aromatic N) is 1. The van der Waals surface area contributed by atoms with Crippen molar-refractivity contribution < 1.29 is 35.1 Å². The van der Waals surface area contributed by atoms with Gasteiger partial charge in [-0.3, -0.25) is 9.03 Å². The highest BCUT2D eigenvalue weighted by Gasteiger charge is 2.29. The minimum Gasteiger partial charge on any atom is -0.465 e. The minimum absolute atomic E-state index is 0.0296. The van der Waals surface area contributed by atoms with E-state index in [2.05, 4.69) is 9.46 Å². The number of rotatable bonds is 7. The third-order valence-electron chi connectivity index (χ3n) is 5.66. The SMILES string of the molecule is COC(=O)c1ccc(CS(=O)(=O)N2CCCc3ccc(NS(=O)(=O)c4ccc(F)cc4F)cc32)cc1. The van der Waals surface area contributed by atoms with Gasteiger partial charge in [-0.2, -0.15) is 0 Å². The molecule has 0 spiro atoms. The highest BCUT2D eigenvalue weighted by atomic mass is 32.2. The number of fused-ring (bicyclic) bond motifs is 1. The second kappa shape index (κ2) is 9.86. The van der Waals surface area contributed by atoms with E-state index in [0.717, 1.165) is 12.1 Å². The third-order valence-corrected chi connectivity index (χ3v) is 8.82. The molecule has 12 heteroatoms. The number of methoxy groups -OCH3 is 1. The number of esters is 1. The predicted octanol–water partition coefficient (Wildman–Crippen LogP) is 3.83. The van der Waals surface area contributed by atoms with Crippen molar-refractivity contribution in [2.45, 2.75) is 23.5 Å². The van der Waals surface area contributed by atoms with Gasteiger partial charge in [0.1, 0.15) is 16.5 Å². The van der Waals surface area contributed by atoms with Crippen LogP contribution in [0.15, 0.2) is 65.6 Å². The van der Waals surface area contributed by atoms with Crippen LogP contribution < -0.4 is 9.03 Å². The zero-order valence-electron chi connectivity index (χ0n) is 19.1. The molecule has 0 fully saturated rings. The van der Waals surface area contributed by atoms with E-state index < -0.39 is 42.5 Å². The van der Waals surface area contributed by atoms with Gasteiger partial charge in [-0.25, -0.2) is 30.4 Å². The predicted molar refractivity (Wildman–Crippen MR) is 130 cm³/mol. The van der Waals surface area contributed by atoms with Gasteiger partial charge in [-0.1, -0.05) is 18.2 Å². The summed E-state index contributed by atoms with van der Waals surface area (Å²) in [6.07, 6.45) is 1.16. The highest BCUT2D eigenvalue weighted by molar-refractivity contribution is 7.92. The molecule has 1 aliphatic rings. The normalized spacial score (nSPS) is 13.7. The number of hydrogen-bond acceptors (Lipinski definition) is 6. The van der Waals surface area contributed by atoms with E-state index in [1.54, 1.807) is 6.07 Å². The Morgan fingerprint density at radius 3 is 2.39 bits per heavy atom. The molecule has 4 rings (SSSR count). The summed E-state index contributed by atoms with van der Waals surface area (Å²) in [6, 6.07) is 12.6. The zero-order valence-corrected chi connectivity index (χ0v) is 20.7. The molecule has 0 bridgehead atoms. The summed E-state index contributed by atoms with van der Waals surface area (Å²) in [4.78, 5) is 10.9. The molecule has 1 N–H and O–H groups in total. The molecule has 0 aliphatic carbocycles. The quantitative estimate of drug-likeness (QED) is 0.460.